The van der Waals surface area contributed by atoms with Crippen LogP contribution < -0.4 is 0 Å². The fraction of sp³-hybridized carbons (Fsp3) is 0.200. The van der Waals surface area contributed by atoms with E-state index in [0.29, 0.717) is 6.61 Å². The number of benzene rings is 1. The first-order chi connectivity index (χ1) is 5.43. The van der Waals surface area contributed by atoms with Crippen LogP contribution in [0.1, 0.15) is 5.56 Å². The number of rotatable bonds is 3. The van der Waals surface area contributed by atoms with Gasteiger partial charge < -0.3 is 4.74 Å². The van der Waals surface area contributed by atoms with Crippen LogP contribution in [0.15, 0.2) is 36.4 Å². The van der Waals surface area contributed by atoms with Crippen LogP contribution in [-0.2, 0) is 4.74 Å². The van der Waals surface area contributed by atoms with Crippen molar-refractivity contribution >= 4 is 6.08 Å². The maximum Gasteiger partial charge on any atom is 0.0646 e. The summed E-state index contributed by atoms with van der Waals surface area (Å²) in [6, 6.07) is 10.2. The molecule has 0 aromatic heterocycles. The van der Waals surface area contributed by atoms with E-state index >= 15 is 0 Å². The van der Waals surface area contributed by atoms with Crippen LogP contribution in [0.3, 0.4) is 0 Å². The van der Waals surface area contributed by atoms with Gasteiger partial charge in [-0.2, -0.15) is 0 Å². The first-order valence-electron chi connectivity index (χ1n) is 3.64. The summed E-state index contributed by atoms with van der Waals surface area (Å²) in [6.07, 6.45) is 4.04. The normalized spacial score (nSPS) is 10.6. The molecule has 0 spiro atoms. The van der Waals surface area contributed by atoms with Gasteiger partial charge in [-0.15, -0.1) is 0 Å². The highest BCUT2D eigenvalue weighted by molar-refractivity contribution is 5.48. The summed E-state index contributed by atoms with van der Waals surface area (Å²) < 4.78 is 4.88. The van der Waals surface area contributed by atoms with Gasteiger partial charge in [-0.1, -0.05) is 42.5 Å². The molecule has 11 heavy (non-hydrogen) atoms. The number of methoxy groups -OCH3 is 1. The average molecular weight is 148 g/mol. The molecule has 1 heteroatoms. The third kappa shape index (κ3) is 3.01. The van der Waals surface area contributed by atoms with E-state index in [1.165, 1.54) is 5.56 Å². The Kier molecular flexibility index (Phi) is 3.42. The SMILES string of the molecule is COC/C=C\c1ccccc1. The van der Waals surface area contributed by atoms with Crippen LogP contribution in [0.25, 0.3) is 6.08 Å². The van der Waals surface area contributed by atoms with Crippen LogP contribution in [0.2, 0.25) is 0 Å². The van der Waals surface area contributed by atoms with Crippen LogP contribution in [-0.4, -0.2) is 13.7 Å². The smallest absolute Gasteiger partial charge is 0.0646 e. The van der Waals surface area contributed by atoms with Crippen molar-refractivity contribution in [2.24, 2.45) is 0 Å². The van der Waals surface area contributed by atoms with Crippen LogP contribution in [0.4, 0.5) is 0 Å². The first kappa shape index (κ1) is 8.02. The summed E-state index contributed by atoms with van der Waals surface area (Å²) >= 11 is 0. The average Bonchev–Trinajstić information content (AvgIpc) is 2.07. The lowest BCUT2D eigenvalue weighted by Crippen LogP contribution is -1.79. The molecule has 0 radical (unpaired) electrons. The molecule has 0 aliphatic heterocycles. The number of hydrogen-bond acceptors (Lipinski definition) is 1. The van der Waals surface area contributed by atoms with Gasteiger partial charge in [0.15, 0.2) is 0 Å². The standard InChI is InChI=1S/C10H12O/c1-11-9-5-8-10-6-3-2-4-7-10/h2-8H,9H2,1H3/b8-5-. The van der Waals surface area contributed by atoms with Gasteiger partial charge in [-0.25, -0.2) is 0 Å². The second-order valence-corrected chi connectivity index (χ2v) is 2.27. The molecular weight excluding hydrogens is 136 g/mol. The van der Waals surface area contributed by atoms with E-state index < -0.39 is 0 Å². The molecule has 0 N–H and O–H groups in total. The predicted molar refractivity (Wildman–Crippen MR) is 47.4 cm³/mol. The summed E-state index contributed by atoms with van der Waals surface area (Å²) in [5.41, 5.74) is 1.21. The van der Waals surface area contributed by atoms with Gasteiger partial charge in [0.05, 0.1) is 6.61 Å². The molecule has 1 rings (SSSR count). The highest BCUT2D eigenvalue weighted by Gasteiger charge is 1.80. The van der Waals surface area contributed by atoms with E-state index in [9.17, 15) is 0 Å². The van der Waals surface area contributed by atoms with E-state index in [0.717, 1.165) is 0 Å². The lowest BCUT2D eigenvalue weighted by molar-refractivity contribution is 0.234. The molecule has 0 saturated carbocycles. The lowest BCUT2D eigenvalue weighted by Gasteiger charge is -1.90. The zero-order valence-electron chi connectivity index (χ0n) is 6.66. The largest absolute Gasteiger partial charge is 0.381 e. The minimum absolute atomic E-state index is 0.675. The van der Waals surface area contributed by atoms with E-state index in [2.05, 4.69) is 12.1 Å². The molecule has 0 fully saturated rings. The van der Waals surface area contributed by atoms with Crippen molar-refractivity contribution in [2.75, 3.05) is 13.7 Å². The van der Waals surface area contributed by atoms with Gasteiger partial charge in [0, 0.05) is 7.11 Å². The summed E-state index contributed by atoms with van der Waals surface area (Å²) in [5, 5.41) is 0. The van der Waals surface area contributed by atoms with Gasteiger partial charge >= 0.3 is 0 Å². The second-order valence-electron chi connectivity index (χ2n) is 2.27. The molecule has 0 aliphatic carbocycles. The Hall–Kier alpha value is -1.08. The van der Waals surface area contributed by atoms with Crippen molar-refractivity contribution in [3.05, 3.63) is 42.0 Å². The van der Waals surface area contributed by atoms with Gasteiger partial charge in [-0.05, 0) is 5.56 Å². The predicted octanol–water partition coefficient (Wildman–Crippen LogP) is 2.35. The van der Waals surface area contributed by atoms with Gasteiger partial charge in [-0.3, -0.25) is 0 Å². The minimum Gasteiger partial charge on any atom is -0.381 e. The molecule has 0 atom stereocenters. The summed E-state index contributed by atoms with van der Waals surface area (Å²) in [4.78, 5) is 0. The molecule has 0 unspecified atom stereocenters. The number of ether oxygens (including phenoxy) is 1. The molecule has 0 amide bonds. The Morgan fingerprint density at radius 2 is 2.00 bits per heavy atom. The molecule has 0 aliphatic rings. The van der Waals surface area contributed by atoms with Crippen molar-refractivity contribution in [3.63, 3.8) is 0 Å². The van der Waals surface area contributed by atoms with E-state index in [4.69, 9.17) is 4.74 Å². The van der Waals surface area contributed by atoms with Crippen LogP contribution in [0, 0.1) is 0 Å². The van der Waals surface area contributed by atoms with E-state index in [1.54, 1.807) is 7.11 Å². The van der Waals surface area contributed by atoms with Crippen molar-refractivity contribution in [1.82, 2.24) is 0 Å². The van der Waals surface area contributed by atoms with E-state index in [1.807, 2.05) is 30.4 Å². The Morgan fingerprint density at radius 3 is 2.64 bits per heavy atom. The quantitative estimate of drug-likeness (QED) is 0.639. The molecule has 1 aromatic rings. The number of hydrogen-bond donors (Lipinski definition) is 0. The van der Waals surface area contributed by atoms with Gasteiger partial charge in [0.2, 0.25) is 0 Å². The second kappa shape index (κ2) is 4.69. The molecule has 0 heterocycles. The van der Waals surface area contributed by atoms with Crippen LogP contribution in [0.5, 0.6) is 0 Å². The van der Waals surface area contributed by atoms with E-state index in [-0.39, 0.29) is 0 Å². The van der Waals surface area contributed by atoms with Crippen molar-refractivity contribution in [3.8, 4) is 0 Å². The fourth-order valence-electron chi connectivity index (χ4n) is 0.845. The van der Waals surface area contributed by atoms with Crippen molar-refractivity contribution in [1.29, 1.82) is 0 Å². The highest BCUT2D eigenvalue weighted by Crippen LogP contribution is 1.99. The highest BCUT2D eigenvalue weighted by atomic mass is 16.5. The third-order valence-corrected chi connectivity index (χ3v) is 1.37. The molecule has 0 saturated heterocycles. The maximum atomic E-state index is 4.88. The zero-order chi connectivity index (χ0) is 7.94. The molecule has 1 nitrogen and oxygen atoms in total. The minimum atomic E-state index is 0.675. The summed E-state index contributed by atoms with van der Waals surface area (Å²) in [7, 11) is 1.69. The lowest BCUT2D eigenvalue weighted by atomic mass is 10.2. The monoisotopic (exact) mass is 148 g/mol. The Balaban J connectivity index is 2.50. The third-order valence-electron chi connectivity index (χ3n) is 1.37. The van der Waals surface area contributed by atoms with Crippen molar-refractivity contribution < 1.29 is 4.74 Å². The summed E-state index contributed by atoms with van der Waals surface area (Å²) in [5.74, 6) is 0. The Bertz CT molecular complexity index is 214. The molecule has 58 valence electrons. The summed E-state index contributed by atoms with van der Waals surface area (Å²) in [6.45, 7) is 0.675. The molecule has 0 bridgehead atoms. The topological polar surface area (TPSA) is 9.23 Å². The fourth-order valence-corrected chi connectivity index (χ4v) is 0.845. The van der Waals surface area contributed by atoms with Crippen molar-refractivity contribution in [2.45, 2.75) is 0 Å². The first-order valence-corrected chi connectivity index (χ1v) is 3.64. The molecule has 1 aromatic carbocycles. The van der Waals surface area contributed by atoms with Crippen LogP contribution >= 0.6 is 0 Å². The van der Waals surface area contributed by atoms with Gasteiger partial charge in [0.1, 0.15) is 0 Å². The zero-order valence-corrected chi connectivity index (χ0v) is 6.66. The molecular formula is C10H12O. The Morgan fingerprint density at radius 1 is 1.27 bits per heavy atom. The van der Waals surface area contributed by atoms with Gasteiger partial charge in [0.25, 0.3) is 0 Å². The Labute approximate surface area is 67.3 Å². The maximum absolute atomic E-state index is 4.88.